The van der Waals surface area contributed by atoms with Crippen LogP contribution in [0, 0.1) is 22.7 Å². The zero-order valence-corrected chi connectivity index (χ0v) is 25.8. The zero-order valence-electron chi connectivity index (χ0n) is 25.8. The molecule has 0 aliphatic heterocycles. The van der Waals surface area contributed by atoms with E-state index in [2.05, 4.69) is 149 Å². The van der Waals surface area contributed by atoms with Crippen LogP contribution in [0.15, 0.2) is 158 Å². The van der Waals surface area contributed by atoms with Gasteiger partial charge in [-0.15, -0.1) is 0 Å². The van der Waals surface area contributed by atoms with E-state index in [1.807, 2.05) is 24.3 Å². The zero-order chi connectivity index (χ0) is 32.2. The molecule has 0 amide bonds. The van der Waals surface area contributed by atoms with E-state index in [1.165, 1.54) is 5.39 Å². The van der Waals surface area contributed by atoms with Crippen LogP contribution in [0.5, 0.6) is 0 Å². The highest BCUT2D eigenvalue weighted by Crippen LogP contribution is 2.45. The number of benzene rings is 7. The maximum Gasteiger partial charge on any atom is 0.0992 e. The molecule has 0 radical (unpaired) electrons. The molecular formula is C44H26N4. The van der Waals surface area contributed by atoms with Crippen molar-refractivity contribution >= 4 is 43.6 Å². The van der Waals surface area contributed by atoms with Crippen molar-refractivity contribution in [1.82, 2.24) is 9.13 Å². The Balaban J connectivity index is 1.41. The molecule has 48 heavy (non-hydrogen) atoms. The van der Waals surface area contributed by atoms with Crippen LogP contribution in [-0.2, 0) is 0 Å². The van der Waals surface area contributed by atoms with E-state index >= 15 is 0 Å². The van der Waals surface area contributed by atoms with Crippen molar-refractivity contribution in [1.29, 1.82) is 10.5 Å². The first-order chi connectivity index (χ1) is 23.7. The fraction of sp³-hybridized carbons (Fsp3) is 0. The van der Waals surface area contributed by atoms with Crippen molar-refractivity contribution in [2.45, 2.75) is 0 Å². The van der Waals surface area contributed by atoms with Gasteiger partial charge in [0.1, 0.15) is 0 Å². The van der Waals surface area contributed by atoms with Gasteiger partial charge in [-0.05, 0) is 95.1 Å². The number of fused-ring (bicyclic) bond motifs is 6. The third-order valence-corrected chi connectivity index (χ3v) is 9.33. The molecule has 0 bridgehead atoms. The summed E-state index contributed by atoms with van der Waals surface area (Å²) in [5.41, 5.74) is 11.5. The Kier molecular flexibility index (Phi) is 6.22. The van der Waals surface area contributed by atoms with E-state index < -0.39 is 0 Å². The van der Waals surface area contributed by atoms with E-state index in [0.717, 1.165) is 71.9 Å². The number of hydrogen-bond acceptors (Lipinski definition) is 2. The summed E-state index contributed by atoms with van der Waals surface area (Å²) in [6.07, 6.45) is 0. The smallest absolute Gasteiger partial charge is 0.0992 e. The van der Waals surface area contributed by atoms with Crippen molar-refractivity contribution < 1.29 is 0 Å². The number of nitriles is 2. The van der Waals surface area contributed by atoms with Crippen LogP contribution in [0.3, 0.4) is 0 Å². The van der Waals surface area contributed by atoms with Gasteiger partial charge in [-0.25, -0.2) is 0 Å². The molecule has 2 aromatic heterocycles. The molecule has 222 valence electrons. The minimum atomic E-state index is 0.459. The summed E-state index contributed by atoms with van der Waals surface area (Å²) in [7, 11) is 0. The molecule has 0 N–H and O–H groups in total. The molecule has 4 heteroatoms. The van der Waals surface area contributed by atoms with Gasteiger partial charge in [0, 0.05) is 32.9 Å². The van der Waals surface area contributed by atoms with Crippen molar-refractivity contribution in [2.24, 2.45) is 0 Å². The fourth-order valence-corrected chi connectivity index (χ4v) is 7.35. The van der Waals surface area contributed by atoms with Gasteiger partial charge in [-0.3, -0.25) is 0 Å². The Morgan fingerprint density at radius 3 is 1.56 bits per heavy atom. The molecule has 4 nitrogen and oxygen atoms in total. The van der Waals surface area contributed by atoms with Crippen molar-refractivity contribution in [3.63, 3.8) is 0 Å². The monoisotopic (exact) mass is 610 g/mol. The summed E-state index contributed by atoms with van der Waals surface area (Å²) in [5.74, 6) is 0. The fourth-order valence-electron chi connectivity index (χ4n) is 7.35. The van der Waals surface area contributed by atoms with Crippen molar-refractivity contribution in [2.75, 3.05) is 0 Å². The maximum atomic E-state index is 10.0. The van der Waals surface area contributed by atoms with E-state index in [-0.39, 0.29) is 0 Å². The molecule has 7 aromatic carbocycles. The Labute approximate surface area is 277 Å². The second kappa shape index (κ2) is 10.9. The lowest BCUT2D eigenvalue weighted by Crippen LogP contribution is -1.95. The van der Waals surface area contributed by atoms with Crippen LogP contribution in [0.2, 0.25) is 0 Å². The summed E-state index contributed by atoms with van der Waals surface area (Å²) in [6.45, 7) is 0. The van der Waals surface area contributed by atoms with Gasteiger partial charge in [-0.1, -0.05) is 84.9 Å². The molecule has 0 saturated heterocycles. The largest absolute Gasteiger partial charge is 0.309 e. The first-order valence-electron chi connectivity index (χ1n) is 15.9. The molecule has 0 aliphatic rings. The van der Waals surface area contributed by atoms with E-state index in [4.69, 9.17) is 0 Å². The highest BCUT2D eigenvalue weighted by atomic mass is 15.0. The summed E-state index contributed by atoms with van der Waals surface area (Å²) < 4.78 is 4.62. The summed E-state index contributed by atoms with van der Waals surface area (Å²) >= 11 is 0. The third-order valence-electron chi connectivity index (χ3n) is 9.33. The molecule has 0 fully saturated rings. The number of para-hydroxylation sites is 4. The van der Waals surface area contributed by atoms with Crippen LogP contribution in [0.4, 0.5) is 0 Å². The van der Waals surface area contributed by atoms with Crippen LogP contribution in [-0.4, -0.2) is 9.13 Å². The van der Waals surface area contributed by atoms with Gasteiger partial charge < -0.3 is 9.13 Å². The molecule has 9 aromatic rings. The molecule has 0 atom stereocenters. The van der Waals surface area contributed by atoms with Crippen LogP contribution in [0.25, 0.3) is 77.2 Å². The topological polar surface area (TPSA) is 57.4 Å². The molecule has 0 saturated carbocycles. The first-order valence-corrected chi connectivity index (χ1v) is 15.9. The second-order valence-corrected chi connectivity index (χ2v) is 12.0. The van der Waals surface area contributed by atoms with E-state index in [1.54, 1.807) is 6.07 Å². The second-order valence-electron chi connectivity index (χ2n) is 12.0. The molecule has 0 unspecified atom stereocenters. The minimum absolute atomic E-state index is 0.459. The summed E-state index contributed by atoms with van der Waals surface area (Å²) in [5, 5.41) is 24.5. The predicted octanol–water partition coefficient (Wildman–Crippen LogP) is 11.0. The van der Waals surface area contributed by atoms with Gasteiger partial charge in [0.2, 0.25) is 0 Å². The molecule has 0 aliphatic carbocycles. The van der Waals surface area contributed by atoms with E-state index in [9.17, 15) is 10.5 Å². The third kappa shape index (κ3) is 4.14. The van der Waals surface area contributed by atoms with Gasteiger partial charge in [0.25, 0.3) is 0 Å². The van der Waals surface area contributed by atoms with Gasteiger partial charge in [0.15, 0.2) is 0 Å². The van der Waals surface area contributed by atoms with Crippen LogP contribution in [0.1, 0.15) is 11.1 Å². The number of nitrogens with zero attached hydrogens (tertiary/aromatic N) is 4. The number of hydrogen-bond donors (Lipinski definition) is 0. The SMILES string of the molecule is N#Cc1cc(C#N)cc(-c2c(-c3ccc4c(c3)c3ccccc3n4-c3ccccc3)ccc3c2c2ccccc2n3-c2ccccc2)c1. The van der Waals surface area contributed by atoms with Gasteiger partial charge in [0.05, 0.1) is 45.3 Å². The lowest BCUT2D eigenvalue weighted by molar-refractivity contribution is 1.18. The van der Waals surface area contributed by atoms with Gasteiger partial charge in [-0.2, -0.15) is 10.5 Å². The average Bonchev–Trinajstić information content (AvgIpc) is 3.67. The van der Waals surface area contributed by atoms with Crippen LogP contribution >= 0.6 is 0 Å². The Morgan fingerprint density at radius 1 is 0.396 bits per heavy atom. The molecule has 2 heterocycles. The Bertz CT molecular complexity index is 2760. The number of aromatic nitrogens is 2. The number of rotatable bonds is 4. The summed E-state index contributed by atoms with van der Waals surface area (Å²) in [6, 6.07) is 59.0. The van der Waals surface area contributed by atoms with Crippen molar-refractivity contribution in [3.8, 4) is 45.8 Å². The highest BCUT2D eigenvalue weighted by Gasteiger charge is 2.22. The highest BCUT2D eigenvalue weighted by molar-refractivity contribution is 6.19. The Morgan fingerprint density at radius 2 is 0.917 bits per heavy atom. The lowest BCUT2D eigenvalue weighted by Gasteiger charge is -2.15. The Hall–Kier alpha value is -6.88. The van der Waals surface area contributed by atoms with E-state index in [0.29, 0.717) is 11.1 Å². The first kappa shape index (κ1) is 27.4. The molecule has 9 rings (SSSR count). The van der Waals surface area contributed by atoms with Crippen LogP contribution < -0.4 is 0 Å². The lowest BCUT2D eigenvalue weighted by atomic mass is 9.88. The molecule has 0 spiro atoms. The summed E-state index contributed by atoms with van der Waals surface area (Å²) in [4.78, 5) is 0. The minimum Gasteiger partial charge on any atom is -0.309 e. The average molecular weight is 611 g/mol. The maximum absolute atomic E-state index is 10.0. The standard InChI is InChI=1S/C44H26N4/c45-27-29-23-30(28-46)25-32(24-29)43-35(20-22-42-44(43)37-16-8-10-18-40(37)48(42)34-13-5-2-6-14-34)31-19-21-41-38(26-31)36-15-7-9-17-39(36)47(41)33-11-3-1-4-12-33/h1-26H. The van der Waals surface area contributed by atoms with Gasteiger partial charge >= 0.3 is 0 Å². The molecular weight excluding hydrogens is 585 g/mol. The van der Waals surface area contributed by atoms with Crippen molar-refractivity contribution in [3.05, 3.63) is 169 Å². The quantitative estimate of drug-likeness (QED) is 0.199. The normalized spacial score (nSPS) is 11.3. The predicted molar refractivity (Wildman–Crippen MR) is 195 cm³/mol.